The van der Waals surface area contributed by atoms with Crippen LogP contribution in [-0.4, -0.2) is 32.3 Å². The Morgan fingerprint density at radius 3 is 2.83 bits per heavy atom. The van der Waals surface area contributed by atoms with Crippen LogP contribution in [0.4, 0.5) is 0 Å². The van der Waals surface area contributed by atoms with Gasteiger partial charge in [-0.1, -0.05) is 0 Å². The Morgan fingerprint density at radius 2 is 2.06 bits per heavy atom. The molecule has 0 amide bonds. The highest BCUT2D eigenvalue weighted by Gasteiger charge is 2.34. The Hall–Kier alpha value is -0.940. The van der Waals surface area contributed by atoms with E-state index in [1.807, 2.05) is 0 Å². The summed E-state index contributed by atoms with van der Waals surface area (Å²) in [7, 11) is 0. The van der Waals surface area contributed by atoms with Gasteiger partial charge in [0.1, 0.15) is 5.82 Å². The smallest absolute Gasteiger partial charge is 0.151 e. The average Bonchev–Trinajstić information content (AvgIpc) is 2.94. The second kappa shape index (κ2) is 4.63. The van der Waals surface area contributed by atoms with E-state index in [0.29, 0.717) is 12.1 Å². The van der Waals surface area contributed by atoms with E-state index in [0.717, 1.165) is 30.9 Å². The minimum atomic E-state index is 0.0772. The Kier molecular flexibility index (Phi) is 3.11. The first-order valence-electron chi connectivity index (χ1n) is 7.13. The summed E-state index contributed by atoms with van der Waals surface area (Å²) in [5, 5.41) is 8.81. The molecule has 2 unspecified atom stereocenters. The Bertz CT molecular complexity index is 425. The minimum absolute atomic E-state index is 0.0772. The normalized spacial score (nSPS) is 28.9. The van der Waals surface area contributed by atoms with Crippen molar-refractivity contribution >= 4 is 0 Å². The Morgan fingerprint density at radius 1 is 1.22 bits per heavy atom. The second-order valence-electron chi connectivity index (χ2n) is 5.79. The lowest BCUT2D eigenvalue weighted by Gasteiger charge is -2.30. The molecule has 5 nitrogen and oxygen atoms in total. The highest BCUT2D eigenvalue weighted by molar-refractivity contribution is 5.08. The first-order chi connectivity index (χ1) is 8.68. The predicted octanol–water partition coefficient (Wildman–Crippen LogP) is 1.62. The maximum absolute atomic E-state index is 6.25. The molecule has 0 aromatic carbocycles. The van der Waals surface area contributed by atoms with E-state index in [2.05, 4.69) is 33.5 Å². The van der Waals surface area contributed by atoms with E-state index in [9.17, 15) is 0 Å². The van der Waals surface area contributed by atoms with Gasteiger partial charge in [0.15, 0.2) is 5.82 Å². The SMILES string of the molecule is CC(C)N1CCCC1c1nnc2n1C(N)CCC2. The molecule has 100 valence electrons. The van der Waals surface area contributed by atoms with Gasteiger partial charge < -0.3 is 5.73 Å². The van der Waals surface area contributed by atoms with Crippen LogP contribution in [0.2, 0.25) is 0 Å². The maximum atomic E-state index is 6.25. The van der Waals surface area contributed by atoms with Crippen LogP contribution in [-0.2, 0) is 6.42 Å². The maximum Gasteiger partial charge on any atom is 0.151 e. The number of aromatic nitrogens is 3. The number of likely N-dealkylation sites (tertiary alicyclic amines) is 1. The monoisotopic (exact) mass is 249 g/mol. The van der Waals surface area contributed by atoms with E-state index in [1.54, 1.807) is 0 Å². The molecule has 2 atom stereocenters. The summed E-state index contributed by atoms with van der Waals surface area (Å²) in [5.41, 5.74) is 6.25. The summed E-state index contributed by atoms with van der Waals surface area (Å²) >= 11 is 0. The van der Waals surface area contributed by atoms with Crippen molar-refractivity contribution in [3.63, 3.8) is 0 Å². The lowest BCUT2D eigenvalue weighted by Crippen LogP contribution is -2.34. The van der Waals surface area contributed by atoms with Crippen molar-refractivity contribution in [1.29, 1.82) is 0 Å². The number of aryl methyl sites for hydroxylation is 1. The number of rotatable bonds is 2. The fraction of sp³-hybridized carbons (Fsp3) is 0.846. The van der Waals surface area contributed by atoms with Crippen molar-refractivity contribution in [2.45, 2.75) is 64.2 Å². The van der Waals surface area contributed by atoms with Crippen LogP contribution in [0, 0.1) is 0 Å². The van der Waals surface area contributed by atoms with Crippen LogP contribution < -0.4 is 5.73 Å². The first kappa shape index (κ1) is 12.1. The van der Waals surface area contributed by atoms with Crippen molar-refractivity contribution in [3.8, 4) is 0 Å². The Labute approximate surface area is 108 Å². The molecule has 0 saturated carbocycles. The van der Waals surface area contributed by atoms with Crippen LogP contribution in [0.5, 0.6) is 0 Å². The highest BCUT2D eigenvalue weighted by atomic mass is 15.4. The van der Waals surface area contributed by atoms with Gasteiger partial charge in [0.25, 0.3) is 0 Å². The molecule has 18 heavy (non-hydrogen) atoms. The third kappa shape index (κ3) is 1.86. The largest absolute Gasteiger partial charge is 0.311 e. The summed E-state index contributed by atoms with van der Waals surface area (Å²) in [4.78, 5) is 2.53. The topological polar surface area (TPSA) is 60.0 Å². The standard InChI is InChI=1S/C13H23N5/c1-9(2)17-8-4-5-10(17)13-16-15-12-7-3-6-11(14)18(12)13/h9-11H,3-8,14H2,1-2H3. The highest BCUT2D eigenvalue weighted by Crippen LogP contribution is 2.35. The lowest BCUT2D eigenvalue weighted by atomic mass is 10.1. The van der Waals surface area contributed by atoms with Gasteiger partial charge in [-0.3, -0.25) is 9.47 Å². The molecule has 0 aliphatic carbocycles. The molecule has 0 radical (unpaired) electrons. The van der Waals surface area contributed by atoms with E-state index < -0.39 is 0 Å². The zero-order valence-corrected chi connectivity index (χ0v) is 11.3. The molecule has 0 spiro atoms. The van der Waals surface area contributed by atoms with Gasteiger partial charge in [-0.2, -0.15) is 0 Å². The van der Waals surface area contributed by atoms with E-state index in [4.69, 9.17) is 5.73 Å². The van der Waals surface area contributed by atoms with Crippen molar-refractivity contribution in [1.82, 2.24) is 19.7 Å². The van der Waals surface area contributed by atoms with Crippen LogP contribution >= 0.6 is 0 Å². The molecule has 1 fully saturated rings. The average molecular weight is 249 g/mol. The molecular formula is C13H23N5. The van der Waals surface area contributed by atoms with Gasteiger partial charge >= 0.3 is 0 Å². The number of nitrogens with zero attached hydrogens (tertiary/aromatic N) is 4. The number of fused-ring (bicyclic) bond motifs is 1. The molecule has 1 aromatic heterocycles. The van der Waals surface area contributed by atoms with Gasteiger partial charge in [-0.05, 0) is 46.1 Å². The first-order valence-corrected chi connectivity index (χ1v) is 7.13. The van der Waals surface area contributed by atoms with Crippen molar-refractivity contribution in [3.05, 3.63) is 11.6 Å². The molecule has 1 saturated heterocycles. The van der Waals surface area contributed by atoms with E-state index in [1.165, 1.54) is 19.4 Å². The van der Waals surface area contributed by atoms with Crippen molar-refractivity contribution in [2.24, 2.45) is 5.73 Å². The molecule has 1 aromatic rings. The fourth-order valence-electron chi connectivity index (χ4n) is 3.38. The van der Waals surface area contributed by atoms with Crippen molar-refractivity contribution < 1.29 is 0 Å². The van der Waals surface area contributed by atoms with Crippen LogP contribution in [0.1, 0.15) is 63.4 Å². The minimum Gasteiger partial charge on any atom is -0.311 e. The zero-order valence-electron chi connectivity index (χ0n) is 11.3. The molecule has 2 N–H and O–H groups in total. The molecule has 3 rings (SSSR count). The number of nitrogens with two attached hydrogens (primary N) is 1. The summed E-state index contributed by atoms with van der Waals surface area (Å²) in [5.74, 6) is 2.18. The van der Waals surface area contributed by atoms with Gasteiger partial charge in [-0.25, -0.2) is 0 Å². The molecule has 0 bridgehead atoms. The second-order valence-corrected chi connectivity index (χ2v) is 5.79. The number of hydrogen-bond donors (Lipinski definition) is 1. The predicted molar refractivity (Wildman–Crippen MR) is 70.0 cm³/mol. The lowest BCUT2D eigenvalue weighted by molar-refractivity contribution is 0.190. The van der Waals surface area contributed by atoms with Gasteiger partial charge in [0.05, 0.1) is 12.2 Å². The third-order valence-corrected chi connectivity index (χ3v) is 4.28. The zero-order chi connectivity index (χ0) is 12.7. The Balaban J connectivity index is 1.95. The van der Waals surface area contributed by atoms with Crippen molar-refractivity contribution in [2.75, 3.05) is 6.54 Å². The van der Waals surface area contributed by atoms with E-state index in [-0.39, 0.29) is 6.17 Å². The third-order valence-electron chi connectivity index (χ3n) is 4.28. The van der Waals surface area contributed by atoms with Gasteiger partial charge in [-0.15, -0.1) is 10.2 Å². The molecule has 3 heterocycles. The number of hydrogen-bond acceptors (Lipinski definition) is 4. The van der Waals surface area contributed by atoms with E-state index >= 15 is 0 Å². The molecule has 5 heteroatoms. The van der Waals surface area contributed by atoms with Gasteiger partial charge in [0, 0.05) is 12.5 Å². The van der Waals surface area contributed by atoms with Crippen LogP contribution in [0.15, 0.2) is 0 Å². The quantitative estimate of drug-likeness (QED) is 0.865. The van der Waals surface area contributed by atoms with Crippen LogP contribution in [0.3, 0.4) is 0 Å². The fourth-order valence-corrected chi connectivity index (χ4v) is 3.38. The summed E-state index contributed by atoms with van der Waals surface area (Å²) in [6.07, 6.45) is 5.72. The van der Waals surface area contributed by atoms with Gasteiger partial charge in [0.2, 0.25) is 0 Å². The molecular weight excluding hydrogens is 226 g/mol. The molecule has 2 aliphatic heterocycles. The summed E-state index contributed by atoms with van der Waals surface area (Å²) in [6, 6.07) is 0.973. The van der Waals surface area contributed by atoms with Crippen LogP contribution in [0.25, 0.3) is 0 Å². The molecule has 2 aliphatic rings. The summed E-state index contributed by atoms with van der Waals surface area (Å²) < 4.78 is 2.20. The summed E-state index contributed by atoms with van der Waals surface area (Å²) in [6.45, 7) is 5.68.